The highest BCUT2D eigenvalue weighted by molar-refractivity contribution is 5.20. The van der Waals surface area contributed by atoms with Crippen molar-refractivity contribution in [2.24, 2.45) is 0 Å². The summed E-state index contributed by atoms with van der Waals surface area (Å²) in [5.74, 6) is 0. The van der Waals surface area contributed by atoms with E-state index in [4.69, 9.17) is 4.74 Å². The van der Waals surface area contributed by atoms with Gasteiger partial charge in [-0.05, 0) is 25.3 Å². The molecule has 19 heavy (non-hydrogen) atoms. The monoisotopic (exact) mass is 260 g/mol. The molecule has 1 aromatic carbocycles. The summed E-state index contributed by atoms with van der Waals surface area (Å²) in [6.07, 6.45) is 2.89. The molecule has 104 valence electrons. The molecule has 2 aliphatic rings. The number of nitrogens with one attached hydrogen (secondary N) is 1. The lowest BCUT2D eigenvalue weighted by Crippen LogP contribution is -2.52. The molecule has 0 spiro atoms. The maximum Gasteiger partial charge on any atom is 0.0703 e. The molecule has 0 saturated carbocycles. The van der Waals surface area contributed by atoms with Gasteiger partial charge in [0.15, 0.2) is 0 Å². The Bertz CT molecular complexity index is 389. The molecule has 1 aromatic rings. The van der Waals surface area contributed by atoms with Crippen LogP contribution >= 0.6 is 0 Å². The van der Waals surface area contributed by atoms with Crippen LogP contribution < -0.4 is 5.32 Å². The fourth-order valence-corrected chi connectivity index (χ4v) is 3.24. The zero-order valence-corrected chi connectivity index (χ0v) is 11.7. The van der Waals surface area contributed by atoms with Crippen molar-refractivity contribution in [1.29, 1.82) is 0 Å². The molecule has 2 saturated heterocycles. The first kappa shape index (κ1) is 13.1. The molecule has 1 N–H and O–H groups in total. The smallest absolute Gasteiger partial charge is 0.0703 e. The Balaban J connectivity index is 1.72. The lowest BCUT2D eigenvalue weighted by atomic mass is 10.0. The first-order chi connectivity index (χ1) is 9.33. The minimum Gasteiger partial charge on any atom is -0.377 e. The Morgan fingerprint density at radius 2 is 2.16 bits per heavy atom. The SMILES string of the molecule is CC1CN(CC2CCCO2)C(c2ccccc2)CN1. The lowest BCUT2D eigenvalue weighted by Gasteiger charge is -2.40. The molecule has 3 heteroatoms. The second-order valence-electron chi connectivity index (χ2n) is 5.82. The summed E-state index contributed by atoms with van der Waals surface area (Å²) in [5.41, 5.74) is 1.42. The molecule has 3 unspecified atom stereocenters. The summed E-state index contributed by atoms with van der Waals surface area (Å²) >= 11 is 0. The van der Waals surface area contributed by atoms with Gasteiger partial charge in [0.05, 0.1) is 6.10 Å². The van der Waals surface area contributed by atoms with Crippen molar-refractivity contribution in [3.8, 4) is 0 Å². The Labute approximate surface area is 115 Å². The van der Waals surface area contributed by atoms with E-state index in [0.717, 1.165) is 26.2 Å². The molecule has 2 aliphatic heterocycles. The fraction of sp³-hybridized carbons (Fsp3) is 0.625. The summed E-state index contributed by atoms with van der Waals surface area (Å²) in [5, 5.41) is 3.60. The largest absolute Gasteiger partial charge is 0.377 e. The van der Waals surface area contributed by atoms with Crippen LogP contribution in [0.5, 0.6) is 0 Å². The van der Waals surface area contributed by atoms with E-state index < -0.39 is 0 Å². The molecule has 0 amide bonds. The van der Waals surface area contributed by atoms with Crippen LogP contribution in [0.3, 0.4) is 0 Å². The van der Waals surface area contributed by atoms with Crippen LogP contribution in [0.15, 0.2) is 30.3 Å². The van der Waals surface area contributed by atoms with Crippen LogP contribution in [-0.4, -0.2) is 43.3 Å². The molecule has 3 rings (SSSR count). The average molecular weight is 260 g/mol. The van der Waals surface area contributed by atoms with Crippen LogP contribution in [0.1, 0.15) is 31.4 Å². The summed E-state index contributed by atoms with van der Waals surface area (Å²) in [4.78, 5) is 2.60. The van der Waals surface area contributed by atoms with E-state index in [1.54, 1.807) is 0 Å². The topological polar surface area (TPSA) is 24.5 Å². The molecule has 2 heterocycles. The summed E-state index contributed by atoms with van der Waals surface area (Å²) in [6, 6.07) is 11.9. The van der Waals surface area contributed by atoms with Gasteiger partial charge < -0.3 is 10.1 Å². The number of benzene rings is 1. The Morgan fingerprint density at radius 1 is 1.32 bits per heavy atom. The van der Waals surface area contributed by atoms with E-state index >= 15 is 0 Å². The molecule has 0 aliphatic carbocycles. The number of nitrogens with zero attached hydrogens (tertiary/aromatic N) is 1. The molecule has 0 radical (unpaired) electrons. The third kappa shape index (κ3) is 3.16. The standard InChI is InChI=1S/C16H24N2O/c1-13-11-18(12-15-8-5-9-19-15)16(10-17-13)14-6-3-2-4-7-14/h2-4,6-7,13,15-17H,5,8-12H2,1H3. The number of ether oxygens (including phenoxy) is 1. The van der Waals surface area contributed by atoms with Crippen LogP contribution in [0.25, 0.3) is 0 Å². The van der Waals surface area contributed by atoms with Gasteiger partial charge in [0.1, 0.15) is 0 Å². The van der Waals surface area contributed by atoms with E-state index in [-0.39, 0.29) is 0 Å². The van der Waals surface area contributed by atoms with Gasteiger partial charge in [-0.15, -0.1) is 0 Å². The molecular formula is C16H24N2O. The zero-order valence-electron chi connectivity index (χ0n) is 11.7. The number of hydrogen-bond acceptors (Lipinski definition) is 3. The van der Waals surface area contributed by atoms with Gasteiger partial charge in [-0.3, -0.25) is 4.90 Å². The summed E-state index contributed by atoms with van der Waals surface area (Å²) in [7, 11) is 0. The maximum atomic E-state index is 5.81. The van der Waals surface area contributed by atoms with Crippen molar-refractivity contribution in [1.82, 2.24) is 10.2 Å². The number of hydrogen-bond donors (Lipinski definition) is 1. The van der Waals surface area contributed by atoms with Crippen LogP contribution in [-0.2, 0) is 4.74 Å². The molecule has 3 nitrogen and oxygen atoms in total. The van der Waals surface area contributed by atoms with E-state index in [1.807, 2.05) is 0 Å². The van der Waals surface area contributed by atoms with Gasteiger partial charge in [-0.25, -0.2) is 0 Å². The fourth-order valence-electron chi connectivity index (χ4n) is 3.24. The van der Waals surface area contributed by atoms with Crippen molar-refractivity contribution in [3.63, 3.8) is 0 Å². The zero-order chi connectivity index (χ0) is 13.1. The summed E-state index contributed by atoms with van der Waals surface area (Å²) in [6.45, 7) is 6.44. The van der Waals surface area contributed by atoms with Crippen LogP contribution in [0.4, 0.5) is 0 Å². The second kappa shape index (κ2) is 6.04. The van der Waals surface area contributed by atoms with Crippen molar-refractivity contribution in [2.75, 3.05) is 26.2 Å². The summed E-state index contributed by atoms with van der Waals surface area (Å²) < 4.78 is 5.81. The molecule has 3 atom stereocenters. The maximum absolute atomic E-state index is 5.81. The van der Waals surface area contributed by atoms with Crippen molar-refractivity contribution in [3.05, 3.63) is 35.9 Å². The Kier molecular flexibility index (Phi) is 4.16. The first-order valence-corrected chi connectivity index (χ1v) is 7.47. The number of rotatable bonds is 3. The quantitative estimate of drug-likeness (QED) is 0.901. The highest BCUT2D eigenvalue weighted by Gasteiger charge is 2.29. The normalized spacial score (nSPS) is 32.6. The van der Waals surface area contributed by atoms with E-state index in [1.165, 1.54) is 18.4 Å². The predicted octanol–water partition coefficient (Wildman–Crippen LogP) is 2.20. The Hall–Kier alpha value is -0.900. The lowest BCUT2D eigenvalue weighted by molar-refractivity contribution is 0.0406. The molecule has 0 bridgehead atoms. The average Bonchev–Trinajstić information content (AvgIpc) is 2.93. The van der Waals surface area contributed by atoms with Crippen LogP contribution in [0, 0.1) is 0 Å². The van der Waals surface area contributed by atoms with Gasteiger partial charge in [0, 0.05) is 38.3 Å². The molecular weight excluding hydrogens is 236 g/mol. The highest BCUT2D eigenvalue weighted by atomic mass is 16.5. The van der Waals surface area contributed by atoms with Gasteiger partial charge in [0.25, 0.3) is 0 Å². The van der Waals surface area contributed by atoms with Gasteiger partial charge in [0.2, 0.25) is 0 Å². The van der Waals surface area contributed by atoms with Crippen molar-refractivity contribution >= 4 is 0 Å². The number of piperazine rings is 1. The molecule has 0 aromatic heterocycles. The van der Waals surface area contributed by atoms with Gasteiger partial charge in [-0.2, -0.15) is 0 Å². The molecule has 2 fully saturated rings. The minimum atomic E-state index is 0.441. The van der Waals surface area contributed by atoms with Crippen molar-refractivity contribution < 1.29 is 4.74 Å². The Morgan fingerprint density at radius 3 is 2.89 bits per heavy atom. The van der Waals surface area contributed by atoms with E-state index in [2.05, 4.69) is 47.5 Å². The predicted molar refractivity (Wildman–Crippen MR) is 77.2 cm³/mol. The third-order valence-electron chi connectivity index (χ3n) is 4.26. The third-order valence-corrected chi connectivity index (χ3v) is 4.26. The first-order valence-electron chi connectivity index (χ1n) is 7.47. The van der Waals surface area contributed by atoms with Crippen LogP contribution in [0.2, 0.25) is 0 Å². The van der Waals surface area contributed by atoms with Gasteiger partial charge in [-0.1, -0.05) is 30.3 Å². The van der Waals surface area contributed by atoms with Gasteiger partial charge >= 0.3 is 0 Å². The van der Waals surface area contributed by atoms with E-state index in [9.17, 15) is 0 Å². The van der Waals surface area contributed by atoms with E-state index in [0.29, 0.717) is 18.2 Å². The minimum absolute atomic E-state index is 0.441. The second-order valence-corrected chi connectivity index (χ2v) is 5.82. The van der Waals surface area contributed by atoms with Crippen molar-refractivity contribution in [2.45, 2.75) is 38.0 Å². The highest BCUT2D eigenvalue weighted by Crippen LogP contribution is 2.25.